The fourth-order valence-corrected chi connectivity index (χ4v) is 0.924. The fourth-order valence-electron chi connectivity index (χ4n) is 0.924. The molecular weight excluding hydrogens is 298 g/mol. The molecule has 0 saturated carbocycles. The van der Waals surface area contributed by atoms with Crippen LogP contribution in [-0.2, 0) is 14.2 Å². The molecule has 2 rings (SSSR count). The van der Waals surface area contributed by atoms with E-state index in [1.54, 1.807) is 0 Å². The molecule has 2 unspecified atom stereocenters. The summed E-state index contributed by atoms with van der Waals surface area (Å²) in [5, 5.41) is 7.32. The summed E-state index contributed by atoms with van der Waals surface area (Å²) in [5.41, 5.74) is 0. The van der Waals surface area contributed by atoms with Gasteiger partial charge in [0.15, 0.2) is 0 Å². The number of hydrogen-bond acceptors (Lipinski definition) is 4. The SMILES string of the molecule is C(OCC1CO1)C1CO1.CC(F)(F)C(F)(F)C(O)(F)F. The van der Waals surface area contributed by atoms with Gasteiger partial charge in [0.05, 0.1) is 26.4 Å². The Bertz CT molecular complexity index is 278. The molecule has 1 N–H and O–H groups in total. The van der Waals surface area contributed by atoms with Crippen LogP contribution in [0.2, 0.25) is 0 Å². The van der Waals surface area contributed by atoms with Gasteiger partial charge >= 0.3 is 18.0 Å². The number of alkyl halides is 6. The van der Waals surface area contributed by atoms with Crippen molar-refractivity contribution in [3.63, 3.8) is 0 Å². The number of ether oxygens (including phenoxy) is 3. The van der Waals surface area contributed by atoms with Gasteiger partial charge in [-0.3, -0.25) is 0 Å². The van der Waals surface area contributed by atoms with Gasteiger partial charge in [-0.15, -0.1) is 0 Å². The highest BCUT2D eigenvalue weighted by atomic mass is 19.3. The van der Waals surface area contributed by atoms with Crippen LogP contribution in [0.25, 0.3) is 0 Å². The van der Waals surface area contributed by atoms with Crippen LogP contribution in [0, 0.1) is 0 Å². The number of halogens is 6. The molecule has 10 heteroatoms. The first-order chi connectivity index (χ1) is 8.95. The normalized spacial score (nSPS) is 25.8. The van der Waals surface area contributed by atoms with Crippen LogP contribution in [-0.4, -0.2) is 61.7 Å². The smallest absolute Gasteiger partial charge is 0.376 e. The lowest BCUT2D eigenvalue weighted by Gasteiger charge is -2.26. The Morgan fingerprint density at radius 2 is 1.35 bits per heavy atom. The van der Waals surface area contributed by atoms with E-state index in [4.69, 9.17) is 19.3 Å². The Morgan fingerprint density at radius 3 is 1.50 bits per heavy atom. The van der Waals surface area contributed by atoms with Crippen LogP contribution in [0.1, 0.15) is 6.92 Å². The maximum Gasteiger partial charge on any atom is 0.423 e. The average Bonchev–Trinajstić information content (AvgIpc) is 3.09. The maximum atomic E-state index is 11.7. The van der Waals surface area contributed by atoms with E-state index in [9.17, 15) is 26.3 Å². The summed E-state index contributed by atoms with van der Waals surface area (Å²) >= 11 is 0. The molecule has 0 aliphatic carbocycles. The molecular formula is C10H14F6O4. The lowest BCUT2D eigenvalue weighted by Crippen LogP contribution is -2.52. The second kappa shape index (κ2) is 6.04. The van der Waals surface area contributed by atoms with Crippen molar-refractivity contribution < 1.29 is 45.7 Å². The third-order valence-electron chi connectivity index (χ3n) is 2.34. The highest BCUT2D eigenvalue weighted by Gasteiger charge is 2.69. The van der Waals surface area contributed by atoms with E-state index in [0.717, 1.165) is 26.4 Å². The monoisotopic (exact) mass is 312 g/mol. The van der Waals surface area contributed by atoms with E-state index in [2.05, 4.69) is 0 Å². The van der Waals surface area contributed by atoms with Crippen LogP contribution in [0.5, 0.6) is 0 Å². The predicted molar refractivity (Wildman–Crippen MR) is 53.0 cm³/mol. The molecule has 0 radical (unpaired) electrons. The molecule has 2 saturated heterocycles. The quantitative estimate of drug-likeness (QED) is 0.599. The number of hydrogen-bond donors (Lipinski definition) is 1. The summed E-state index contributed by atoms with van der Waals surface area (Å²) in [6.45, 7) is 2.86. The average molecular weight is 312 g/mol. The Kier molecular flexibility index (Phi) is 5.28. The zero-order valence-corrected chi connectivity index (χ0v) is 10.4. The van der Waals surface area contributed by atoms with Crippen molar-refractivity contribution in [1.82, 2.24) is 0 Å². The molecule has 0 bridgehead atoms. The van der Waals surface area contributed by atoms with E-state index in [-0.39, 0.29) is 0 Å². The topological polar surface area (TPSA) is 54.5 Å². The maximum absolute atomic E-state index is 11.7. The van der Waals surface area contributed by atoms with E-state index in [0.29, 0.717) is 12.2 Å². The first-order valence-corrected chi connectivity index (χ1v) is 5.62. The molecule has 120 valence electrons. The number of aliphatic hydroxyl groups is 1. The highest BCUT2D eigenvalue weighted by Crippen LogP contribution is 2.43. The van der Waals surface area contributed by atoms with E-state index in [1.165, 1.54) is 0 Å². The van der Waals surface area contributed by atoms with Gasteiger partial charge in [0.2, 0.25) is 0 Å². The summed E-state index contributed by atoms with van der Waals surface area (Å²) in [7, 11) is 0. The van der Waals surface area contributed by atoms with Crippen LogP contribution in [0.4, 0.5) is 26.3 Å². The fraction of sp³-hybridized carbons (Fsp3) is 1.00. The molecule has 4 nitrogen and oxygen atoms in total. The van der Waals surface area contributed by atoms with Crippen molar-refractivity contribution in [3.05, 3.63) is 0 Å². The predicted octanol–water partition coefficient (Wildman–Crippen LogP) is 1.66. The Labute approximate surface area is 110 Å². The van der Waals surface area contributed by atoms with Gasteiger partial charge in [-0.1, -0.05) is 0 Å². The molecule has 2 heterocycles. The van der Waals surface area contributed by atoms with Gasteiger partial charge in [0, 0.05) is 6.92 Å². The summed E-state index contributed by atoms with van der Waals surface area (Å²) in [4.78, 5) is 0. The third-order valence-corrected chi connectivity index (χ3v) is 2.34. The standard InChI is InChI=1S/C6H10O3.C4H4F6O/c1(5-3-8-5)7-2-6-4-9-6;1-2(5,6)3(7,8)4(9,10)11/h5-6H,1-4H2;11H,1H3. The molecule has 2 atom stereocenters. The number of rotatable bonds is 6. The van der Waals surface area contributed by atoms with Gasteiger partial charge in [0.25, 0.3) is 0 Å². The minimum atomic E-state index is -5.74. The molecule has 0 aromatic rings. The second-order valence-electron chi connectivity index (χ2n) is 4.45. The van der Waals surface area contributed by atoms with Crippen molar-refractivity contribution in [2.45, 2.75) is 37.1 Å². The minimum absolute atomic E-state index is 0.392. The van der Waals surface area contributed by atoms with Crippen LogP contribution < -0.4 is 0 Å². The summed E-state index contributed by atoms with van der Waals surface area (Å²) in [6.07, 6.45) is -4.92. The lowest BCUT2D eigenvalue weighted by molar-refractivity contribution is -0.379. The highest BCUT2D eigenvalue weighted by molar-refractivity contribution is 4.86. The van der Waals surface area contributed by atoms with Crippen molar-refractivity contribution in [3.8, 4) is 0 Å². The van der Waals surface area contributed by atoms with Gasteiger partial charge in [-0.2, -0.15) is 26.3 Å². The Morgan fingerprint density at radius 1 is 1.00 bits per heavy atom. The van der Waals surface area contributed by atoms with Gasteiger partial charge < -0.3 is 19.3 Å². The Hall–Kier alpha value is -0.580. The van der Waals surface area contributed by atoms with Crippen LogP contribution >= 0.6 is 0 Å². The number of epoxide rings is 2. The molecule has 2 aliphatic heterocycles. The summed E-state index contributed by atoms with van der Waals surface area (Å²) in [5.74, 6) is -10.7. The Balaban J connectivity index is 0.000000202. The van der Waals surface area contributed by atoms with E-state index in [1.807, 2.05) is 0 Å². The van der Waals surface area contributed by atoms with Crippen molar-refractivity contribution >= 4 is 0 Å². The zero-order valence-electron chi connectivity index (χ0n) is 10.4. The molecule has 20 heavy (non-hydrogen) atoms. The molecule has 2 aliphatic rings. The first kappa shape index (κ1) is 17.5. The van der Waals surface area contributed by atoms with Gasteiger partial charge in [-0.25, -0.2) is 0 Å². The minimum Gasteiger partial charge on any atom is -0.376 e. The second-order valence-corrected chi connectivity index (χ2v) is 4.45. The van der Waals surface area contributed by atoms with Crippen molar-refractivity contribution in [1.29, 1.82) is 0 Å². The molecule has 2 fully saturated rings. The van der Waals surface area contributed by atoms with Crippen LogP contribution in [0.3, 0.4) is 0 Å². The van der Waals surface area contributed by atoms with Gasteiger partial charge in [-0.05, 0) is 0 Å². The van der Waals surface area contributed by atoms with E-state index < -0.39 is 24.9 Å². The molecule has 0 aromatic carbocycles. The van der Waals surface area contributed by atoms with Crippen molar-refractivity contribution in [2.75, 3.05) is 26.4 Å². The lowest BCUT2D eigenvalue weighted by atomic mass is 10.2. The van der Waals surface area contributed by atoms with Crippen LogP contribution in [0.15, 0.2) is 0 Å². The van der Waals surface area contributed by atoms with Gasteiger partial charge in [0.1, 0.15) is 12.2 Å². The zero-order chi connectivity index (χ0) is 15.6. The molecule has 0 aromatic heterocycles. The summed E-state index contributed by atoms with van der Waals surface area (Å²) < 4.78 is 84.4. The molecule has 0 amide bonds. The first-order valence-electron chi connectivity index (χ1n) is 5.62. The largest absolute Gasteiger partial charge is 0.423 e. The third kappa shape index (κ3) is 5.43. The summed E-state index contributed by atoms with van der Waals surface area (Å²) in [6, 6.07) is 0. The van der Waals surface area contributed by atoms with Crippen molar-refractivity contribution in [2.24, 2.45) is 0 Å². The molecule has 0 spiro atoms. The van der Waals surface area contributed by atoms with E-state index >= 15 is 0 Å².